The van der Waals surface area contributed by atoms with E-state index in [-0.39, 0.29) is 18.1 Å². The average molecular weight is 525 g/mol. The summed E-state index contributed by atoms with van der Waals surface area (Å²) in [6.07, 6.45) is 1.46. The van der Waals surface area contributed by atoms with Crippen LogP contribution >= 0.6 is 27.5 Å². The van der Waals surface area contributed by atoms with Crippen molar-refractivity contribution in [2.24, 2.45) is 0 Å². The van der Waals surface area contributed by atoms with Crippen molar-refractivity contribution < 1.29 is 14.3 Å². The molecule has 3 aromatic carbocycles. The normalized spacial score (nSPS) is 10.8. The molecule has 0 aliphatic heterocycles. The fourth-order valence-electron chi connectivity index (χ4n) is 2.75. The van der Waals surface area contributed by atoms with Crippen molar-refractivity contribution in [2.75, 3.05) is 17.2 Å². The lowest BCUT2D eigenvalue weighted by Crippen LogP contribution is -2.20. The van der Waals surface area contributed by atoms with Crippen LogP contribution in [0.1, 0.15) is 11.1 Å². The van der Waals surface area contributed by atoms with Gasteiger partial charge in [-0.15, -0.1) is 0 Å². The average Bonchev–Trinajstić information content (AvgIpc) is 2.80. The summed E-state index contributed by atoms with van der Waals surface area (Å²) in [5.41, 5.74) is 2.86. The van der Waals surface area contributed by atoms with Gasteiger partial charge in [-0.1, -0.05) is 35.4 Å². The van der Waals surface area contributed by atoms with Crippen molar-refractivity contribution in [3.8, 4) is 11.8 Å². The molecule has 0 aliphatic carbocycles. The molecule has 2 N–H and O–H groups in total. The van der Waals surface area contributed by atoms with E-state index in [2.05, 4.69) is 26.6 Å². The predicted octanol–water partition coefficient (Wildman–Crippen LogP) is 5.97. The Morgan fingerprint density at radius 2 is 1.67 bits per heavy atom. The summed E-state index contributed by atoms with van der Waals surface area (Å²) in [5.74, 6) is -0.375. The molecule has 2 amide bonds. The van der Waals surface area contributed by atoms with Gasteiger partial charge in [0.2, 0.25) is 0 Å². The molecule has 0 aromatic heterocycles. The molecule has 0 aliphatic rings. The van der Waals surface area contributed by atoms with Crippen LogP contribution in [0.2, 0.25) is 5.02 Å². The lowest BCUT2D eigenvalue weighted by molar-refractivity contribution is -0.118. The standard InChI is InChI=1S/C25H19BrClN3O3/c1-16-2-7-20(8-3-16)29-24(31)15-33-23-11-4-17(13-22(23)26)12-18(14-28)25(32)30-21-9-5-19(27)6-10-21/h2-13H,15H2,1H3,(H,29,31)(H,30,32)/b18-12+. The summed E-state index contributed by atoms with van der Waals surface area (Å²) >= 11 is 9.24. The third-order valence-electron chi connectivity index (χ3n) is 4.43. The highest BCUT2D eigenvalue weighted by atomic mass is 79.9. The molecule has 0 fully saturated rings. The zero-order chi connectivity index (χ0) is 23.8. The summed E-state index contributed by atoms with van der Waals surface area (Å²) in [4.78, 5) is 24.5. The maximum Gasteiger partial charge on any atom is 0.266 e. The molecule has 8 heteroatoms. The second-order valence-electron chi connectivity index (χ2n) is 7.02. The lowest BCUT2D eigenvalue weighted by atomic mass is 10.1. The van der Waals surface area contributed by atoms with Crippen LogP contribution in [0.3, 0.4) is 0 Å². The number of nitrogens with zero attached hydrogens (tertiary/aromatic N) is 1. The van der Waals surface area contributed by atoms with E-state index in [0.29, 0.717) is 32.2 Å². The van der Waals surface area contributed by atoms with Crippen LogP contribution in [0.15, 0.2) is 76.8 Å². The fraction of sp³-hybridized carbons (Fsp3) is 0.0800. The first-order chi connectivity index (χ1) is 15.8. The largest absolute Gasteiger partial charge is 0.483 e. The van der Waals surface area contributed by atoms with Crippen LogP contribution in [0.5, 0.6) is 5.75 Å². The van der Waals surface area contributed by atoms with E-state index in [1.807, 2.05) is 37.3 Å². The van der Waals surface area contributed by atoms with Gasteiger partial charge in [-0.05, 0) is 83.0 Å². The van der Waals surface area contributed by atoms with Crippen LogP contribution in [0, 0.1) is 18.3 Å². The number of anilines is 2. The molecule has 0 unspecified atom stereocenters. The van der Waals surface area contributed by atoms with Crippen LogP contribution < -0.4 is 15.4 Å². The van der Waals surface area contributed by atoms with Crippen molar-refractivity contribution in [1.82, 2.24) is 0 Å². The van der Waals surface area contributed by atoms with Crippen molar-refractivity contribution >= 4 is 56.8 Å². The number of carbonyl (C=O) groups is 2. The number of carbonyl (C=O) groups excluding carboxylic acids is 2. The Bertz CT molecular complexity index is 1230. The Morgan fingerprint density at radius 1 is 1.03 bits per heavy atom. The number of rotatable bonds is 7. The van der Waals surface area contributed by atoms with Crippen molar-refractivity contribution in [3.05, 3.63) is 92.9 Å². The number of halogens is 2. The predicted molar refractivity (Wildman–Crippen MR) is 133 cm³/mol. The van der Waals surface area contributed by atoms with Crippen LogP contribution in [0.25, 0.3) is 6.08 Å². The zero-order valence-electron chi connectivity index (χ0n) is 17.6. The molecule has 3 rings (SSSR count). The molecule has 0 saturated heterocycles. The minimum absolute atomic E-state index is 0.0667. The Morgan fingerprint density at radius 3 is 2.30 bits per heavy atom. The van der Waals surface area contributed by atoms with Gasteiger partial charge in [0.05, 0.1) is 4.47 Å². The zero-order valence-corrected chi connectivity index (χ0v) is 19.9. The van der Waals surface area contributed by atoms with E-state index in [1.165, 1.54) is 6.08 Å². The van der Waals surface area contributed by atoms with Crippen LogP contribution in [-0.4, -0.2) is 18.4 Å². The first-order valence-electron chi connectivity index (χ1n) is 9.81. The molecule has 0 spiro atoms. The number of aryl methyl sites for hydroxylation is 1. The molecule has 0 heterocycles. The molecule has 6 nitrogen and oxygen atoms in total. The smallest absolute Gasteiger partial charge is 0.266 e. The van der Waals surface area contributed by atoms with Crippen molar-refractivity contribution in [1.29, 1.82) is 5.26 Å². The highest BCUT2D eigenvalue weighted by Gasteiger charge is 2.11. The van der Waals surface area contributed by atoms with E-state index in [1.54, 1.807) is 42.5 Å². The molecular formula is C25H19BrClN3O3. The number of amides is 2. The molecule has 166 valence electrons. The number of ether oxygens (including phenoxy) is 1. The fourth-order valence-corrected chi connectivity index (χ4v) is 3.39. The van der Waals surface area contributed by atoms with Gasteiger partial charge < -0.3 is 15.4 Å². The minimum atomic E-state index is -0.538. The SMILES string of the molecule is Cc1ccc(NC(=O)COc2ccc(/C=C(\C#N)C(=O)Nc3ccc(Cl)cc3)cc2Br)cc1. The topological polar surface area (TPSA) is 91.2 Å². The quantitative estimate of drug-likeness (QED) is 0.294. The summed E-state index contributed by atoms with van der Waals surface area (Å²) in [6.45, 7) is 1.80. The molecular weight excluding hydrogens is 506 g/mol. The maximum atomic E-state index is 12.4. The summed E-state index contributed by atoms with van der Waals surface area (Å²) in [6, 6.07) is 21.0. The second kappa shape index (κ2) is 11.3. The van der Waals surface area contributed by atoms with Crippen LogP contribution in [0.4, 0.5) is 11.4 Å². The Hall–Kier alpha value is -3.60. The number of nitriles is 1. The van der Waals surface area contributed by atoms with Gasteiger partial charge in [-0.25, -0.2) is 0 Å². The van der Waals surface area contributed by atoms with Gasteiger partial charge in [-0.2, -0.15) is 5.26 Å². The Balaban J connectivity index is 1.62. The van der Waals surface area contributed by atoms with E-state index in [9.17, 15) is 14.9 Å². The first-order valence-corrected chi connectivity index (χ1v) is 11.0. The van der Waals surface area contributed by atoms with E-state index >= 15 is 0 Å². The minimum Gasteiger partial charge on any atom is -0.483 e. The summed E-state index contributed by atoms with van der Waals surface area (Å²) in [5, 5.41) is 15.4. The third kappa shape index (κ3) is 7.21. The lowest BCUT2D eigenvalue weighted by Gasteiger charge is -2.10. The van der Waals surface area contributed by atoms with E-state index in [0.717, 1.165) is 5.56 Å². The van der Waals surface area contributed by atoms with Gasteiger partial charge in [-0.3, -0.25) is 9.59 Å². The number of hydrogen-bond acceptors (Lipinski definition) is 4. The van der Waals surface area contributed by atoms with Gasteiger partial charge in [0.25, 0.3) is 11.8 Å². The summed E-state index contributed by atoms with van der Waals surface area (Å²) < 4.78 is 6.16. The Labute approximate surface area is 205 Å². The highest BCUT2D eigenvalue weighted by molar-refractivity contribution is 9.10. The second-order valence-corrected chi connectivity index (χ2v) is 8.31. The van der Waals surface area contributed by atoms with Crippen molar-refractivity contribution in [3.63, 3.8) is 0 Å². The molecule has 0 bridgehead atoms. The number of hydrogen-bond donors (Lipinski definition) is 2. The van der Waals surface area contributed by atoms with Gasteiger partial charge in [0, 0.05) is 16.4 Å². The third-order valence-corrected chi connectivity index (χ3v) is 5.30. The molecule has 3 aromatic rings. The van der Waals surface area contributed by atoms with E-state index in [4.69, 9.17) is 16.3 Å². The van der Waals surface area contributed by atoms with Crippen molar-refractivity contribution in [2.45, 2.75) is 6.92 Å². The Kier molecular flexibility index (Phi) is 8.25. The van der Waals surface area contributed by atoms with Gasteiger partial charge >= 0.3 is 0 Å². The summed E-state index contributed by atoms with van der Waals surface area (Å²) in [7, 11) is 0. The maximum absolute atomic E-state index is 12.4. The highest BCUT2D eigenvalue weighted by Crippen LogP contribution is 2.27. The van der Waals surface area contributed by atoms with E-state index < -0.39 is 5.91 Å². The molecule has 33 heavy (non-hydrogen) atoms. The van der Waals surface area contributed by atoms with Crippen LogP contribution in [-0.2, 0) is 9.59 Å². The molecule has 0 radical (unpaired) electrons. The number of benzene rings is 3. The monoisotopic (exact) mass is 523 g/mol. The van der Waals surface area contributed by atoms with Gasteiger partial charge in [0.1, 0.15) is 17.4 Å². The molecule has 0 atom stereocenters. The number of nitrogens with one attached hydrogen (secondary N) is 2. The molecule has 0 saturated carbocycles. The van der Waals surface area contributed by atoms with Gasteiger partial charge in [0.15, 0.2) is 6.61 Å². The first kappa shape index (κ1) is 24.1.